The minimum atomic E-state index is -0.368. The molecule has 2 amide bonds. The fourth-order valence-electron chi connectivity index (χ4n) is 5.02. The molecule has 0 spiro atoms. The van der Waals surface area contributed by atoms with Crippen molar-refractivity contribution >= 4 is 17.8 Å². The third-order valence-corrected chi connectivity index (χ3v) is 7.47. The molecule has 1 heterocycles. The number of methoxy groups -OCH3 is 3. The number of ether oxygens (including phenoxy) is 4. The van der Waals surface area contributed by atoms with Crippen molar-refractivity contribution < 1.29 is 33.3 Å². The molecule has 39 heavy (non-hydrogen) atoms. The number of nitrogens with one attached hydrogen (secondary N) is 1. The van der Waals surface area contributed by atoms with Gasteiger partial charge in [0, 0.05) is 70.4 Å². The van der Waals surface area contributed by atoms with Gasteiger partial charge >= 0.3 is 5.97 Å². The van der Waals surface area contributed by atoms with E-state index in [1.165, 1.54) is 7.11 Å². The smallest absolute Gasteiger partial charge is 0.306 e. The van der Waals surface area contributed by atoms with Crippen molar-refractivity contribution in [1.29, 1.82) is 0 Å². The third-order valence-electron chi connectivity index (χ3n) is 7.47. The van der Waals surface area contributed by atoms with Crippen LogP contribution in [0.15, 0.2) is 18.2 Å². The van der Waals surface area contributed by atoms with Crippen molar-refractivity contribution in [2.75, 3.05) is 60.7 Å². The molecule has 3 rings (SSSR count). The van der Waals surface area contributed by atoms with Gasteiger partial charge in [0.2, 0.25) is 5.91 Å². The summed E-state index contributed by atoms with van der Waals surface area (Å²) in [5.74, 6) is 1.11. The Bertz CT molecular complexity index is 966. The maximum Gasteiger partial charge on any atom is 0.306 e. The van der Waals surface area contributed by atoms with Gasteiger partial charge in [0.1, 0.15) is 0 Å². The number of hydrogen-bond acceptors (Lipinski definition) is 8. The van der Waals surface area contributed by atoms with Gasteiger partial charge in [-0.25, -0.2) is 0 Å². The largest absolute Gasteiger partial charge is 0.493 e. The van der Waals surface area contributed by atoms with Gasteiger partial charge in [0.25, 0.3) is 5.91 Å². The predicted molar refractivity (Wildman–Crippen MR) is 147 cm³/mol. The minimum Gasteiger partial charge on any atom is -0.493 e. The molecule has 0 radical (unpaired) electrons. The fraction of sp³-hybridized carbons (Fsp3) is 0.690. The first-order valence-electron chi connectivity index (χ1n) is 14.0. The van der Waals surface area contributed by atoms with Gasteiger partial charge in [-0.1, -0.05) is 0 Å². The Hall–Kier alpha value is -2.85. The summed E-state index contributed by atoms with van der Waals surface area (Å²) in [6.45, 7) is 7.88. The molecule has 2 atom stereocenters. The van der Waals surface area contributed by atoms with Crippen LogP contribution in [0.2, 0.25) is 0 Å². The molecule has 10 heteroatoms. The molecule has 1 saturated heterocycles. The summed E-state index contributed by atoms with van der Waals surface area (Å²) in [4.78, 5) is 42.1. The minimum absolute atomic E-state index is 0.00148. The van der Waals surface area contributed by atoms with E-state index in [4.69, 9.17) is 18.9 Å². The molecule has 1 aliphatic carbocycles. The van der Waals surface area contributed by atoms with Crippen LogP contribution < -0.4 is 14.8 Å². The van der Waals surface area contributed by atoms with Crippen molar-refractivity contribution in [3.8, 4) is 11.5 Å². The SMILES string of the molecule is COCCCOc1cc(C(=O)N(C[C@@H]2CNC[C@H]2CN(C(=O)CCC(=O)OC)C2CC2)C(C)C)ccc1OC. The molecule has 1 aromatic carbocycles. The fourth-order valence-corrected chi connectivity index (χ4v) is 5.02. The highest BCUT2D eigenvalue weighted by molar-refractivity contribution is 5.95. The van der Waals surface area contributed by atoms with Gasteiger partial charge in [-0.15, -0.1) is 0 Å². The van der Waals surface area contributed by atoms with Crippen LogP contribution in [-0.2, 0) is 19.1 Å². The van der Waals surface area contributed by atoms with E-state index in [1.54, 1.807) is 32.4 Å². The molecule has 1 N–H and O–H groups in total. The first kappa shape index (κ1) is 30.7. The Morgan fingerprint density at radius 2 is 1.69 bits per heavy atom. The Morgan fingerprint density at radius 1 is 0.974 bits per heavy atom. The van der Waals surface area contributed by atoms with Crippen LogP contribution in [0.25, 0.3) is 0 Å². The predicted octanol–water partition coefficient (Wildman–Crippen LogP) is 2.74. The molecule has 0 unspecified atom stereocenters. The topological polar surface area (TPSA) is 107 Å². The van der Waals surface area contributed by atoms with E-state index < -0.39 is 0 Å². The molecule has 10 nitrogen and oxygen atoms in total. The lowest BCUT2D eigenvalue weighted by atomic mass is 9.93. The Labute approximate surface area is 232 Å². The molecule has 218 valence electrons. The van der Waals surface area contributed by atoms with Gasteiger partial charge < -0.3 is 34.1 Å². The first-order valence-corrected chi connectivity index (χ1v) is 14.0. The van der Waals surface area contributed by atoms with Gasteiger partial charge in [-0.3, -0.25) is 14.4 Å². The second-order valence-electron chi connectivity index (χ2n) is 10.6. The van der Waals surface area contributed by atoms with Crippen molar-refractivity contribution in [3.63, 3.8) is 0 Å². The van der Waals surface area contributed by atoms with Gasteiger partial charge in [0.05, 0.1) is 27.2 Å². The van der Waals surface area contributed by atoms with E-state index in [-0.39, 0.29) is 54.5 Å². The van der Waals surface area contributed by atoms with Gasteiger partial charge in [-0.05, 0) is 56.7 Å². The number of benzene rings is 1. The quantitative estimate of drug-likeness (QED) is 0.249. The van der Waals surface area contributed by atoms with Gasteiger partial charge in [-0.2, -0.15) is 0 Å². The second kappa shape index (κ2) is 15.1. The highest BCUT2D eigenvalue weighted by Crippen LogP contribution is 2.32. The average Bonchev–Trinajstić information content (AvgIpc) is 3.69. The molecular weight excluding hydrogens is 502 g/mol. The molecule has 1 aromatic rings. The second-order valence-corrected chi connectivity index (χ2v) is 10.6. The maximum atomic E-state index is 13.7. The number of nitrogens with zero attached hydrogens (tertiary/aromatic N) is 2. The number of carbonyl (C=O) groups excluding carboxylic acids is 3. The summed E-state index contributed by atoms with van der Waals surface area (Å²) in [6, 6.07) is 5.54. The summed E-state index contributed by atoms with van der Waals surface area (Å²) in [7, 11) is 4.57. The lowest BCUT2D eigenvalue weighted by Gasteiger charge is -2.33. The van der Waals surface area contributed by atoms with Crippen LogP contribution in [-0.4, -0.2) is 100 Å². The van der Waals surface area contributed by atoms with Crippen LogP contribution in [0.1, 0.15) is 56.3 Å². The van der Waals surface area contributed by atoms with E-state index in [1.807, 2.05) is 23.6 Å². The normalized spacial score (nSPS) is 18.6. The number of esters is 1. The molecule has 2 aliphatic rings. The van der Waals surface area contributed by atoms with Crippen molar-refractivity contribution in [1.82, 2.24) is 15.1 Å². The summed E-state index contributed by atoms with van der Waals surface area (Å²) >= 11 is 0. The number of carbonyl (C=O) groups is 3. The standard InChI is InChI=1S/C29H45N3O7/c1-20(2)31(29(35)21-7-10-25(37-4)26(15-21)39-14-6-13-36-3)18-22-16-30-17-23(22)19-32(24-8-9-24)27(33)11-12-28(34)38-5/h7,10,15,20,22-24,30H,6,8-9,11-14,16-19H2,1-5H3/t22-,23-/m0/s1. The number of rotatable bonds is 16. The average molecular weight is 548 g/mol. The Morgan fingerprint density at radius 3 is 2.31 bits per heavy atom. The lowest BCUT2D eigenvalue weighted by molar-refractivity contribution is -0.144. The highest BCUT2D eigenvalue weighted by Gasteiger charge is 2.38. The third kappa shape index (κ3) is 8.83. The monoisotopic (exact) mass is 547 g/mol. The van der Waals surface area contributed by atoms with Gasteiger partial charge in [0.15, 0.2) is 11.5 Å². The van der Waals surface area contributed by atoms with Crippen molar-refractivity contribution in [2.24, 2.45) is 11.8 Å². The first-order chi connectivity index (χ1) is 18.8. The van der Waals surface area contributed by atoms with E-state index in [9.17, 15) is 14.4 Å². The lowest BCUT2D eigenvalue weighted by Crippen LogP contribution is -2.45. The van der Waals surface area contributed by atoms with Crippen LogP contribution in [0.5, 0.6) is 11.5 Å². The zero-order valence-corrected chi connectivity index (χ0v) is 24.1. The van der Waals surface area contributed by atoms with E-state index in [0.29, 0.717) is 43.4 Å². The summed E-state index contributed by atoms with van der Waals surface area (Å²) < 4.78 is 21.1. The molecular formula is C29H45N3O7. The summed E-state index contributed by atoms with van der Waals surface area (Å²) in [5.41, 5.74) is 0.548. The van der Waals surface area contributed by atoms with E-state index in [2.05, 4.69) is 5.32 Å². The number of hydrogen-bond donors (Lipinski definition) is 1. The van der Waals surface area contributed by atoms with Crippen LogP contribution >= 0.6 is 0 Å². The maximum absolute atomic E-state index is 13.7. The zero-order valence-electron chi connectivity index (χ0n) is 24.1. The molecule has 1 saturated carbocycles. The zero-order chi connectivity index (χ0) is 28.4. The number of amides is 2. The Balaban J connectivity index is 1.68. The molecule has 0 aromatic heterocycles. The summed E-state index contributed by atoms with van der Waals surface area (Å²) in [5, 5.41) is 3.47. The molecule has 1 aliphatic heterocycles. The van der Waals surface area contributed by atoms with E-state index >= 15 is 0 Å². The highest BCUT2D eigenvalue weighted by atomic mass is 16.5. The van der Waals surface area contributed by atoms with Crippen LogP contribution in [0, 0.1) is 11.8 Å². The van der Waals surface area contributed by atoms with Crippen molar-refractivity contribution in [2.45, 2.75) is 58.0 Å². The molecule has 2 fully saturated rings. The molecule has 0 bridgehead atoms. The Kier molecular flexibility index (Phi) is 11.9. The van der Waals surface area contributed by atoms with E-state index in [0.717, 1.165) is 32.4 Å². The summed E-state index contributed by atoms with van der Waals surface area (Å²) in [6.07, 6.45) is 2.99. The van der Waals surface area contributed by atoms with Crippen LogP contribution in [0.3, 0.4) is 0 Å². The van der Waals surface area contributed by atoms with Crippen LogP contribution in [0.4, 0.5) is 0 Å². The van der Waals surface area contributed by atoms with Crippen molar-refractivity contribution in [3.05, 3.63) is 23.8 Å².